The number of rotatable bonds is 2. The van der Waals surface area contributed by atoms with Crippen LogP contribution in [0.3, 0.4) is 0 Å². The summed E-state index contributed by atoms with van der Waals surface area (Å²) in [7, 11) is 0. The summed E-state index contributed by atoms with van der Waals surface area (Å²) >= 11 is 7.22. The molecule has 0 aliphatic carbocycles. The van der Waals surface area contributed by atoms with E-state index in [2.05, 4.69) is 6.92 Å². The largest absolute Gasteiger partial charge is 0.288 e. The van der Waals surface area contributed by atoms with Crippen molar-refractivity contribution in [3.05, 3.63) is 68.9 Å². The number of benzene rings is 2. The average molecular weight is 287 g/mol. The predicted molar refractivity (Wildman–Crippen MR) is 81.4 cm³/mol. The van der Waals surface area contributed by atoms with Crippen molar-refractivity contribution in [2.24, 2.45) is 0 Å². The molecule has 0 radical (unpaired) electrons. The lowest BCUT2D eigenvalue weighted by atomic mass is 9.97. The lowest BCUT2D eigenvalue weighted by molar-refractivity contribution is 0.104. The summed E-state index contributed by atoms with van der Waals surface area (Å²) in [4.78, 5) is 13.2. The Balaban J connectivity index is 2.21. The number of halogens is 1. The molecule has 0 aliphatic heterocycles. The monoisotopic (exact) mass is 286 g/mol. The lowest BCUT2D eigenvalue weighted by Gasteiger charge is -2.07. The zero-order valence-electron chi connectivity index (χ0n) is 10.3. The molecule has 0 amide bonds. The van der Waals surface area contributed by atoms with E-state index in [9.17, 15) is 4.79 Å². The maximum atomic E-state index is 12.5. The molecule has 94 valence electrons. The third kappa shape index (κ3) is 2.18. The van der Waals surface area contributed by atoms with Crippen LogP contribution in [0.25, 0.3) is 10.8 Å². The van der Waals surface area contributed by atoms with Gasteiger partial charge in [-0.15, -0.1) is 11.3 Å². The molecule has 1 heterocycles. The minimum Gasteiger partial charge on any atom is -0.288 e. The second-order valence-electron chi connectivity index (χ2n) is 4.41. The standard InChI is InChI=1S/C16H11ClOS/c1-10-6-7-13(12-5-3-2-4-11(10)12)16(18)14-8-9-15(17)19-14/h2-9H,1H3. The number of hydrogen-bond acceptors (Lipinski definition) is 2. The maximum Gasteiger partial charge on any atom is 0.203 e. The van der Waals surface area contributed by atoms with Gasteiger partial charge >= 0.3 is 0 Å². The molecule has 1 nitrogen and oxygen atoms in total. The van der Waals surface area contributed by atoms with Crippen LogP contribution < -0.4 is 0 Å². The van der Waals surface area contributed by atoms with Crippen LogP contribution in [-0.2, 0) is 0 Å². The summed E-state index contributed by atoms with van der Waals surface area (Å²) in [5, 5.41) is 2.12. The summed E-state index contributed by atoms with van der Waals surface area (Å²) in [6.07, 6.45) is 0. The van der Waals surface area contributed by atoms with Gasteiger partial charge in [0, 0.05) is 5.56 Å². The molecule has 0 aliphatic rings. The zero-order chi connectivity index (χ0) is 13.4. The van der Waals surface area contributed by atoms with Gasteiger partial charge in [-0.05, 0) is 35.4 Å². The first-order valence-electron chi connectivity index (χ1n) is 5.95. The predicted octanol–water partition coefficient (Wildman–Crippen LogP) is 5.09. The number of carbonyl (C=O) groups excluding carboxylic acids is 1. The SMILES string of the molecule is Cc1ccc(C(=O)c2ccc(Cl)s2)c2ccccc12. The fourth-order valence-corrected chi connectivity index (χ4v) is 3.21. The molecule has 0 spiro atoms. The minimum atomic E-state index is 0.0353. The van der Waals surface area contributed by atoms with E-state index >= 15 is 0 Å². The van der Waals surface area contributed by atoms with E-state index in [1.54, 1.807) is 12.1 Å². The summed E-state index contributed by atoms with van der Waals surface area (Å²) in [6.45, 7) is 2.05. The zero-order valence-corrected chi connectivity index (χ0v) is 11.9. The van der Waals surface area contributed by atoms with Crippen molar-refractivity contribution < 1.29 is 4.79 Å². The molecule has 0 fully saturated rings. The van der Waals surface area contributed by atoms with Gasteiger partial charge in [0.25, 0.3) is 0 Å². The van der Waals surface area contributed by atoms with Crippen molar-refractivity contribution in [1.82, 2.24) is 0 Å². The average Bonchev–Trinajstić information content (AvgIpc) is 2.86. The summed E-state index contributed by atoms with van der Waals surface area (Å²) < 4.78 is 0.639. The van der Waals surface area contributed by atoms with Crippen LogP contribution in [0.1, 0.15) is 20.8 Å². The molecule has 0 atom stereocenters. The Labute approximate surface area is 120 Å². The Morgan fingerprint density at radius 3 is 2.42 bits per heavy atom. The molecule has 0 bridgehead atoms. The van der Waals surface area contributed by atoms with E-state index < -0.39 is 0 Å². The summed E-state index contributed by atoms with van der Waals surface area (Å²) in [6, 6.07) is 15.4. The number of aryl methyl sites for hydroxylation is 1. The Morgan fingerprint density at radius 1 is 1.00 bits per heavy atom. The Kier molecular flexibility index (Phi) is 3.13. The van der Waals surface area contributed by atoms with Crippen molar-refractivity contribution in [2.75, 3.05) is 0 Å². The molecule has 3 heteroatoms. The van der Waals surface area contributed by atoms with Gasteiger partial charge in [0.2, 0.25) is 5.78 Å². The number of carbonyl (C=O) groups is 1. The van der Waals surface area contributed by atoms with E-state index in [0.717, 1.165) is 16.3 Å². The van der Waals surface area contributed by atoms with Crippen LogP contribution in [-0.4, -0.2) is 5.78 Å². The smallest absolute Gasteiger partial charge is 0.203 e. The van der Waals surface area contributed by atoms with Crippen LogP contribution in [0.15, 0.2) is 48.5 Å². The van der Waals surface area contributed by atoms with Gasteiger partial charge in [0.05, 0.1) is 9.21 Å². The fraction of sp³-hybridized carbons (Fsp3) is 0.0625. The second kappa shape index (κ2) is 4.80. The molecule has 19 heavy (non-hydrogen) atoms. The third-order valence-corrected chi connectivity index (χ3v) is 4.41. The van der Waals surface area contributed by atoms with Gasteiger partial charge in [-0.3, -0.25) is 4.79 Å². The quantitative estimate of drug-likeness (QED) is 0.599. The number of ketones is 1. The van der Waals surface area contributed by atoms with Crippen LogP contribution in [0.4, 0.5) is 0 Å². The molecule has 3 rings (SSSR count). The van der Waals surface area contributed by atoms with Crippen LogP contribution >= 0.6 is 22.9 Å². The molecular weight excluding hydrogens is 276 g/mol. The maximum absolute atomic E-state index is 12.5. The van der Waals surface area contributed by atoms with Crippen LogP contribution in [0.5, 0.6) is 0 Å². The Hall–Kier alpha value is -1.64. The highest BCUT2D eigenvalue weighted by Crippen LogP contribution is 2.28. The van der Waals surface area contributed by atoms with E-state index in [1.807, 2.05) is 36.4 Å². The van der Waals surface area contributed by atoms with Gasteiger partial charge in [-0.25, -0.2) is 0 Å². The van der Waals surface area contributed by atoms with E-state index in [4.69, 9.17) is 11.6 Å². The van der Waals surface area contributed by atoms with Crippen molar-refractivity contribution in [1.29, 1.82) is 0 Å². The van der Waals surface area contributed by atoms with Crippen molar-refractivity contribution >= 4 is 39.5 Å². The van der Waals surface area contributed by atoms with Crippen molar-refractivity contribution in [3.63, 3.8) is 0 Å². The number of fused-ring (bicyclic) bond motifs is 1. The fourth-order valence-electron chi connectivity index (χ4n) is 2.22. The Morgan fingerprint density at radius 2 is 1.74 bits per heavy atom. The third-order valence-electron chi connectivity index (χ3n) is 3.18. The van der Waals surface area contributed by atoms with Crippen LogP contribution in [0.2, 0.25) is 4.34 Å². The highest BCUT2D eigenvalue weighted by molar-refractivity contribution is 7.18. The highest BCUT2D eigenvalue weighted by atomic mass is 35.5. The molecule has 0 saturated carbocycles. The molecule has 2 aromatic carbocycles. The first kappa shape index (κ1) is 12.4. The minimum absolute atomic E-state index is 0.0353. The van der Waals surface area contributed by atoms with Gasteiger partial charge in [0.15, 0.2) is 0 Å². The highest BCUT2D eigenvalue weighted by Gasteiger charge is 2.14. The molecule has 0 N–H and O–H groups in total. The molecular formula is C16H11ClOS. The molecule has 0 unspecified atom stereocenters. The van der Waals surface area contributed by atoms with E-state index in [-0.39, 0.29) is 5.78 Å². The normalized spacial score (nSPS) is 10.8. The first-order chi connectivity index (χ1) is 9.16. The summed E-state index contributed by atoms with van der Waals surface area (Å²) in [5.74, 6) is 0.0353. The van der Waals surface area contributed by atoms with Crippen molar-refractivity contribution in [3.8, 4) is 0 Å². The van der Waals surface area contributed by atoms with E-state index in [0.29, 0.717) is 9.21 Å². The van der Waals surface area contributed by atoms with Crippen LogP contribution in [0, 0.1) is 6.92 Å². The Bertz CT molecular complexity index is 773. The van der Waals surface area contributed by atoms with Gasteiger partial charge in [0.1, 0.15) is 0 Å². The molecule has 0 saturated heterocycles. The topological polar surface area (TPSA) is 17.1 Å². The number of hydrogen-bond donors (Lipinski definition) is 0. The second-order valence-corrected chi connectivity index (χ2v) is 6.12. The summed E-state index contributed by atoms with van der Waals surface area (Å²) in [5.41, 5.74) is 1.91. The molecule has 1 aromatic heterocycles. The first-order valence-corrected chi connectivity index (χ1v) is 7.14. The van der Waals surface area contributed by atoms with Gasteiger partial charge in [-0.2, -0.15) is 0 Å². The number of thiophene rings is 1. The van der Waals surface area contributed by atoms with Crippen molar-refractivity contribution in [2.45, 2.75) is 6.92 Å². The van der Waals surface area contributed by atoms with E-state index in [1.165, 1.54) is 16.9 Å². The van der Waals surface area contributed by atoms with Gasteiger partial charge < -0.3 is 0 Å². The molecule has 3 aromatic rings. The van der Waals surface area contributed by atoms with Gasteiger partial charge in [-0.1, -0.05) is 48.0 Å². The lowest BCUT2D eigenvalue weighted by Crippen LogP contribution is -2.00.